The number of hydrogen-bond donors (Lipinski definition) is 18. The van der Waals surface area contributed by atoms with Gasteiger partial charge in [-0.2, -0.15) is 0 Å². The van der Waals surface area contributed by atoms with Crippen LogP contribution in [0.2, 0.25) is 0 Å². The maximum absolute atomic E-state index is 12.7. The molecule has 5 fully saturated rings. The molecule has 63 heavy (non-hydrogen) atoms. The molecule has 5 aliphatic heterocycles. The predicted molar refractivity (Wildman–Crippen MR) is 189 cm³/mol. The van der Waals surface area contributed by atoms with Gasteiger partial charge in [0.2, 0.25) is 5.91 Å². The molecule has 5 heterocycles. The van der Waals surface area contributed by atoms with Crippen LogP contribution in [0.15, 0.2) is 0 Å². The second kappa shape index (κ2) is 22.2. The first-order valence-corrected chi connectivity index (χ1v) is 20.8. The van der Waals surface area contributed by atoms with Crippen molar-refractivity contribution in [2.75, 3.05) is 33.0 Å². The highest BCUT2D eigenvalue weighted by atomic mass is 31.2. The minimum absolute atomic E-state index is 0.691. The molecule has 368 valence electrons. The molecule has 0 aliphatic carbocycles. The Morgan fingerprint density at radius 3 is 1.37 bits per heavy atom. The van der Waals surface area contributed by atoms with E-state index in [0.29, 0.717) is 0 Å². The molecule has 0 aromatic rings. The first-order valence-electron chi connectivity index (χ1n) is 19.3. The summed E-state index contributed by atoms with van der Waals surface area (Å²) >= 11 is 0. The summed E-state index contributed by atoms with van der Waals surface area (Å²) in [6.07, 6.45) is -45.3. The molecular weight excluding hydrogens is 893 g/mol. The van der Waals surface area contributed by atoms with Gasteiger partial charge in [-0.05, 0) is 0 Å². The minimum Gasteiger partial charge on any atom is -0.394 e. The van der Waals surface area contributed by atoms with Crippen LogP contribution in [0, 0.1) is 0 Å². The highest BCUT2D eigenvalue weighted by Crippen LogP contribution is 2.47. The fourth-order valence-corrected chi connectivity index (χ4v) is 8.04. The van der Waals surface area contributed by atoms with Crippen LogP contribution >= 0.6 is 7.82 Å². The molecule has 2 unspecified atom stereocenters. The summed E-state index contributed by atoms with van der Waals surface area (Å²) in [7, 11) is -5.31. The zero-order chi connectivity index (χ0) is 46.8. The van der Waals surface area contributed by atoms with E-state index in [2.05, 4.69) is 5.32 Å². The van der Waals surface area contributed by atoms with E-state index in [4.69, 9.17) is 46.9 Å². The average molecular weight is 950 g/mol. The van der Waals surface area contributed by atoms with E-state index in [9.17, 15) is 96.0 Å². The van der Waals surface area contributed by atoms with Crippen molar-refractivity contribution in [3.05, 3.63) is 0 Å². The summed E-state index contributed by atoms with van der Waals surface area (Å²) in [5.74, 6) is -0.691. The Morgan fingerprint density at radius 1 is 0.508 bits per heavy atom. The van der Waals surface area contributed by atoms with Gasteiger partial charge in [0.25, 0.3) is 0 Å². The van der Waals surface area contributed by atoms with Crippen molar-refractivity contribution < 1.29 is 143 Å². The molecule has 26 atom stereocenters. The average Bonchev–Trinajstić information content (AvgIpc) is 3.24. The standard InChI is InChI=1S/C32H56NO29P/c1-7(36)33-13-18(41)27(9(3-35)56-28(13)50)61-31-25(48)22(45)16(39)11(60-31)5-54-29-23(46)20(43)15(38)10(58-29)4-53-30-24(47)21(44)17(40)12(59-30)6-55-63(51,52)62-32-26(49)19(42)14(37)8(2-34)57-32/h8-32,34-35,37-50H,2-6H2,1H3,(H,33,36)(H,51,52)/t8-,9-,10-,11-,12-,13-,14-,15-,16-,17-,18-,19+,20+,21+,22+,23+,24+,25+,26+,27-,28?,29+,30+,31+,32-/m1/s1. The quantitative estimate of drug-likeness (QED) is 0.0639. The van der Waals surface area contributed by atoms with Crippen molar-refractivity contribution in [1.29, 1.82) is 0 Å². The van der Waals surface area contributed by atoms with Gasteiger partial charge < -0.3 is 130 Å². The molecule has 0 saturated carbocycles. The summed E-state index contributed by atoms with van der Waals surface area (Å²) in [5.41, 5.74) is 0. The van der Waals surface area contributed by atoms with Gasteiger partial charge in [-0.1, -0.05) is 0 Å². The minimum atomic E-state index is -5.31. The van der Waals surface area contributed by atoms with Crippen LogP contribution < -0.4 is 5.32 Å². The van der Waals surface area contributed by atoms with Crippen LogP contribution in [0.3, 0.4) is 0 Å². The lowest BCUT2D eigenvalue weighted by molar-refractivity contribution is -0.357. The number of carbonyl (C=O) groups excluding carboxylic acids is 1. The van der Waals surface area contributed by atoms with Gasteiger partial charge >= 0.3 is 7.82 Å². The van der Waals surface area contributed by atoms with Crippen LogP contribution in [-0.2, 0) is 56.3 Å². The van der Waals surface area contributed by atoms with E-state index < -0.39 is 200 Å². The van der Waals surface area contributed by atoms with Crippen LogP contribution in [0.5, 0.6) is 0 Å². The largest absolute Gasteiger partial charge is 0.474 e. The van der Waals surface area contributed by atoms with Crippen molar-refractivity contribution in [1.82, 2.24) is 5.32 Å². The Balaban J connectivity index is 1.17. The molecule has 1 amide bonds. The van der Waals surface area contributed by atoms with Crippen molar-refractivity contribution in [3.8, 4) is 0 Å². The predicted octanol–water partition coefficient (Wildman–Crippen LogP) is -11.7. The van der Waals surface area contributed by atoms with Crippen molar-refractivity contribution in [2.45, 2.75) is 160 Å². The smallest absolute Gasteiger partial charge is 0.394 e. The fourth-order valence-electron chi connectivity index (χ4n) is 7.21. The molecule has 30 nitrogen and oxygen atoms in total. The third-order valence-electron chi connectivity index (χ3n) is 10.9. The van der Waals surface area contributed by atoms with Crippen LogP contribution in [0.1, 0.15) is 6.92 Å². The normalized spacial score (nSPS) is 49.5. The second-order valence-corrected chi connectivity index (χ2v) is 16.7. The maximum Gasteiger partial charge on any atom is 0.474 e. The van der Waals surface area contributed by atoms with E-state index in [1.807, 2.05) is 0 Å². The van der Waals surface area contributed by atoms with Gasteiger partial charge in [-0.25, -0.2) is 4.57 Å². The van der Waals surface area contributed by atoms with Crippen LogP contribution in [-0.4, -0.2) is 279 Å². The molecule has 0 radical (unpaired) electrons. The third kappa shape index (κ3) is 12.0. The lowest BCUT2D eigenvalue weighted by atomic mass is 9.95. The first kappa shape index (κ1) is 52.6. The Labute approximate surface area is 355 Å². The number of phosphoric acid groups is 1. The number of carbonyl (C=O) groups is 1. The summed E-state index contributed by atoms with van der Waals surface area (Å²) < 4.78 is 65.4. The Kier molecular flexibility index (Phi) is 18.5. The molecule has 5 aliphatic rings. The van der Waals surface area contributed by atoms with E-state index >= 15 is 0 Å². The number of ether oxygens (including phenoxy) is 8. The van der Waals surface area contributed by atoms with Gasteiger partial charge in [0.1, 0.15) is 122 Å². The lowest BCUT2D eigenvalue weighted by Crippen LogP contribution is -2.67. The Bertz CT molecular complexity index is 1510. The topological polar surface area (TPSA) is 482 Å². The monoisotopic (exact) mass is 949 g/mol. The number of amides is 1. The zero-order valence-corrected chi connectivity index (χ0v) is 33.8. The molecule has 5 saturated heterocycles. The van der Waals surface area contributed by atoms with Gasteiger partial charge in [-0.3, -0.25) is 13.8 Å². The van der Waals surface area contributed by atoms with Gasteiger partial charge in [0.15, 0.2) is 31.5 Å². The second-order valence-electron chi connectivity index (χ2n) is 15.3. The summed E-state index contributed by atoms with van der Waals surface area (Å²) in [5, 5.41) is 168. The molecular formula is C32H56NO29P. The van der Waals surface area contributed by atoms with E-state index in [1.54, 1.807) is 0 Å². The van der Waals surface area contributed by atoms with Crippen molar-refractivity contribution in [3.63, 3.8) is 0 Å². The molecule has 0 spiro atoms. The third-order valence-corrected chi connectivity index (χ3v) is 11.8. The summed E-state index contributed by atoms with van der Waals surface area (Å²) in [4.78, 5) is 21.9. The Hall–Kier alpha value is -1.38. The molecule has 31 heteroatoms. The maximum atomic E-state index is 12.7. The highest BCUT2D eigenvalue weighted by Gasteiger charge is 2.53. The fraction of sp³-hybridized carbons (Fsp3) is 0.969. The SMILES string of the molecule is CC(=O)N[C@H]1C(O)O[C@H](CO)[C@@H](O[C@@H]2O[C@H](CO[C@H]3O[C@H](CO[C@H]4O[C@H](COP(=O)(O)O[C@H]5O[C@H](CO)[C@@H](O)[C@H](O)[C@@H]5O)[C@@H](O)[C@H](O)[C@@H]4O)[C@@H](O)[C@H](O)[C@@H]3O)[C@@H](O)[C@H](O)[C@@H]2O)[C@@H]1O. The van der Waals surface area contributed by atoms with E-state index in [1.165, 1.54) is 0 Å². The van der Waals surface area contributed by atoms with Gasteiger partial charge in [-0.15, -0.1) is 0 Å². The Morgan fingerprint density at radius 2 is 0.905 bits per heavy atom. The molecule has 0 bridgehead atoms. The summed E-state index contributed by atoms with van der Waals surface area (Å²) in [6, 6.07) is -1.49. The number of phosphoric ester groups is 1. The molecule has 0 aromatic carbocycles. The summed E-state index contributed by atoms with van der Waals surface area (Å²) in [6.45, 7) is -3.45. The van der Waals surface area contributed by atoms with Gasteiger partial charge in [0, 0.05) is 6.92 Å². The highest BCUT2D eigenvalue weighted by molar-refractivity contribution is 7.47. The van der Waals surface area contributed by atoms with Crippen LogP contribution in [0.4, 0.5) is 0 Å². The van der Waals surface area contributed by atoms with Crippen LogP contribution in [0.25, 0.3) is 0 Å². The van der Waals surface area contributed by atoms with Crippen molar-refractivity contribution >= 4 is 13.7 Å². The van der Waals surface area contributed by atoms with Crippen molar-refractivity contribution in [2.24, 2.45) is 0 Å². The van der Waals surface area contributed by atoms with E-state index in [0.717, 1.165) is 6.92 Å². The number of hydrogen-bond acceptors (Lipinski definition) is 28. The number of aliphatic hydroxyl groups excluding tert-OH is 16. The number of nitrogens with one attached hydrogen (secondary N) is 1. The lowest BCUT2D eigenvalue weighted by Gasteiger charge is -2.46. The number of rotatable bonds is 16. The molecule has 18 N–H and O–H groups in total. The van der Waals surface area contributed by atoms with Gasteiger partial charge in [0.05, 0.1) is 33.0 Å². The molecule has 0 aromatic heterocycles. The zero-order valence-electron chi connectivity index (χ0n) is 32.9. The number of aliphatic hydroxyl groups is 16. The van der Waals surface area contributed by atoms with E-state index in [-0.39, 0.29) is 0 Å². The molecule has 5 rings (SSSR count). The first-order chi connectivity index (χ1) is 29.5.